The standard InChI is InChI=1S/C20H15ClFN3OS/c1-12-16(11-23)17(21)10-19(24-12)13-3-5-14(6-4-13)25-27-20-9-15(26-2)7-8-18(20)22/h3-10,25H,1-2H3. The van der Waals surface area contributed by atoms with Gasteiger partial charge < -0.3 is 9.46 Å². The molecule has 0 spiro atoms. The molecule has 1 heterocycles. The highest BCUT2D eigenvalue weighted by Crippen LogP contribution is 2.29. The second-order valence-electron chi connectivity index (χ2n) is 5.64. The van der Waals surface area contributed by atoms with E-state index in [4.69, 9.17) is 21.6 Å². The number of aryl methyl sites for hydroxylation is 1. The number of pyridine rings is 1. The molecule has 7 heteroatoms. The Balaban J connectivity index is 1.76. The van der Waals surface area contributed by atoms with Crippen molar-refractivity contribution in [3.63, 3.8) is 0 Å². The number of nitriles is 1. The number of hydrogen-bond acceptors (Lipinski definition) is 5. The maximum atomic E-state index is 13.9. The molecule has 0 saturated heterocycles. The van der Waals surface area contributed by atoms with E-state index >= 15 is 0 Å². The smallest absolute Gasteiger partial charge is 0.138 e. The Morgan fingerprint density at radius 3 is 2.56 bits per heavy atom. The molecule has 136 valence electrons. The SMILES string of the molecule is COc1ccc(F)c(SNc2ccc(-c3cc(Cl)c(C#N)c(C)n3)cc2)c1. The zero-order valence-electron chi connectivity index (χ0n) is 14.6. The predicted molar refractivity (Wildman–Crippen MR) is 107 cm³/mol. The van der Waals surface area contributed by atoms with E-state index in [9.17, 15) is 4.39 Å². The maximum Gasteiger partial charge on any atom is 0.138 e. The molecule has 0 bridgehead atoms. The minimum Gasteiger partial charge on any atom is -0.497 e. The van der Waals surface area contributed by atoms with Gasteiger partial charge in [-0.25, -0.2) is 4.39 Å². The summed E-state index contributed by atoms with van der Waals surface area (Å²) < 4.78 is 22.1. The van der Waals surface area contributed by atoms with E-state index in [1.165, 1.54) is 6.07 Å². The fourth-order valence-electron chi connectivity index (χ4n) is 2.43. The number of rotatable bonds is 5. The Hall–Kier alpha value is -2.75. The number of nitrogens with one attached hydrogen (secondary N) is 1. The Labute approximate surface area is 166 Å². The fourth-order valence-corrected chi connectivity index (χ4v) is 3.41. The average Bonchev–Trinajstić information content (AvgIpc) is 2.67. The fraction of sp³-hybridized carbons (Fsp3) is 0.100. The van der Waals surface area contributed by atoms with Crippen LogP contribution >= 0.6 is 23.5 Å². The largest absolute Gasteiger partial charge is 0.497 e. The molecule has 0 amide bonds. The van der Waals surface area contributed by atoms with Crippen LogP contribution in [0.25, 0.3) is 11.3 Å². The van der Waals surface area contributed by atoms with Crippen molar-refractivity contribution in [2.75, 3.05) is 11.8 Å². The number of halogens is 2. The summed E-state index contributed by atoms with van der Waals surface area (Å²) in [6, 6.07) is 15.8. The first-order valence-electron chi connectivity index (χ1n) is 7.96. The van der Waals surface area contributed by atoms with Crippen molar-refractivity contribution in [1.29, 1.82) is 5.26 Å². The molecule has 0 atom stereocenters. The third-order valence-electron chi connectivity index (χ3n) is 3.86. The maximum absolute atomic E-state index is 13.9. The molecule has 0 aliphatic carbocycles. The van der Waals surface area contributed by atoms with Gasteiger partial charge in [-0.05, 0) is 55.3 Å². The monoisotopic (exact) mass is 399 g/mol. The first kappa shape index (κ1) is 19.0. The highest BCUT2D eigenvalue weighted by molar-refractivity contribution is 8.00. The van der Waals surface area contributed by atoms with Crippen LogP contribution in [0.15, 0.2) is 53.4 Å². The molecule has 0 saturated carbocycles. The Morgan fingerprint density at radius 1 is 1.19 bits per heavy atom. The first-order chi connectivity index (χ1) is 13.0. The summed E-state index contributed by atoms with van der Waals surface area (Å²) in [5.41, 5.74) is 3.34. The first-order valence-corrected chi connectivity index (χ1v) is 9.15. The van der Waals surface area contributed by atoms with E-state index in [2.05, 4.69) is 9.71 Å². The van der Waals surface area contributed by atoms with E-state index in [-0.39, 0.29) is 5.82 Å². The van der Waals surface area contributed by atoms with Gasteiger partial charge >= 0.3 is 0 Å². The van der Waals surface area contributed by atoms with Crippen molar-refractivity contribution >= 4 is 29.2 Å². The topological polar surface area (TPSA) is 57.9 Å². The molecule has 0 unspecified atom stereocenters. The van der Waals surface area contributed by atoms with Crippen molar-refractivity contribution < 1.29 is 9.13 Å². The average molecular weight is 400 g/mol. The molecule has 3 aromatic rings. The summed E-state index contributed by atoms with van der Waals surface area (Å²) in [4.78, 5) is 4.87. The minimum atomic E-state index is -0.322. The normalized spacial score (nSPS) is 10.3. The molecule has 0 radical (unpaired) electrons. The van der Waals surface area contributed by atoms with Gasteiger partial charge in [-0.1, -0.05) is 23.7 Å². The number of anilines is 1. The second kappa shape index (κ2) is 8.30. The van der Waals surface area contributed by atoms with Crippen LogP contribution in [0.4, 0.5) is 10.1 Å². The molecule has 1 aromatic heterocycles. The van der Waals surface area contributed by atoms with E-state index in [0.717, 1.165) is 23.2 Å². The number of benzene rings is 2. The van der Waals surface area contributed by atoms with Crippen LogP contribution in [-0.4, -0.2) is 12.1 Å². The van der Waals surface area contributed by atoms with Crippen LogP contribution in [-0.2, 0) is 0 Å². The molecule has 4 nitrogen and oxygen atoms in total. The molecule has 27 heavy (non-hydrogen) atoms. The summed E-state index contributed by atoms with van der Waals surface area (Å²) in [6.45, 7) is 1.75. The molecular weight excluding hydrogens is 385 g/mol. The minimum absolute atomic E-state index is 0.322. The van der Waals surface area contributed by atoms with Crippen molar-refractivity contribution in [2.45, 2.75) is 11.8 Å². The lowest BCUT2D eigenvalue weighted by Crippen LogP contribution is -1.94. The van der Waals surface area contributed by atoms with Crippen LogP contribution in [0.3, 0.4) is 0 Å². The number of aromatic nitrogens is 1. The molecule has 3 rings (SSSR count). The van der Waals surface area contributed by atoms with Gasteiger partial charge in [0.05, 0.1) is 34.0 Å². The van der Waals surface area contributed by atoms with Gasteiger partial charge in [-0.2, -0.15) is 5.26 Å². The zero-order valence-corrected chi connectivity index (χ0v) is 16.2. The Bertz CT molecular complexity index is 996. The molecule has 0 aliphatic heterocycles. The predicted octanol–water partition coefficient (Wildman–Crippen LogP) is 5.85. The van der Waals surface area contributed by atoms with Gasteiger partial charge in [0.15, 0.2) is 0 Å². The summed E-state index contributed by atoms with van der Waals surface area (Å²) in [7, 11) is 1.54. The highest BCUT2D eigenvalue weighted by Gasteiger charge is 2.10. The van der Waals surface area contributed by atoms with Crippen molar-refractivity contribution in [2.24, 2.45) is 0 Å². The molecule has 2 aromatic carbocycles. The van der Waals surface area contributed by atoms with E-state index < -0.39 is 0 Å². The van der Waals surface area contributed by atoms with Crippen LogP contribution in [0.1, 0.15) is 11.3 Å². The van der Waals surface area contributed by atoms with Gasteiger partial charge in [-0.3, -0.25) is 4.98 Å². The van der Waals surface area contributed by atoms with Crippen molar-refractivity contribution in [3.8, 4) is 23.1 Å². The Kier molecular flexibility index (Phi) is 5.84. The van der Waals surface area contributed by atoms with Gasteiger partial charge in [0.25, 0.3) is 0 Å². The third-order valence-corrected chi connectivity index (χ3v) is 5.03. The molecule has 1 N–H and O–H groups in total. The summed E-state index contributed by atoms with van der Waals surface area (Å²) in [6.07, 6.45) is 0. The van der Waals surface area contributed by atoms with Crippen LogP contribution in [0, 0.1) is 24.1 Å². The quantitative estimate of drug-likeness (QED) is 0.545. The van der Waals surface area contributed by atoms with Crippen LogP contribution in [0.5, 0.6) is 5.75 Å². The lowest BCUT2D eigenvalue weighted by atomic mass is 10.1. The van der Waals surface area contributed by atoms with Gasteiger partial charge in [0, 0.05) is 11.3 Å². The lowest BCUT2D eigenvalue weighted by molar-refractivity contribution is 0.411. The third kappa shape index (κ3) is 4.33. The lowest BCUT2D eigenvalue weighted by Gasteiger charge is -2.09. The van der Waals surface area contributed by atoms with Gasteiger partial charge in [0.1, 0.15) is 17.6 Å². The molecular formula is C20H15ClFN3OS. The summed E-state index contributed by atoms with van der Waals surface area (Å²) in [5, 5.41) is 9.46. The summed E-state index contributed by atoms with van der Waals surface area (Å²) in [5.74, 6) is 0.270. The second-order valence-corrected chi connectivity index (χ2v) is 6.89. The van der Waals surface area contributed by atoms with E-state index in [1.54, 1.807) is 32.2 Å². The number of nitrogens with zero attached hydrogens (tertiary/aromatic N) is 2. The van der Waals surface area contributed by atoms with Gasteiger partial charge in [0.2, 0.25) is 0 Å². The number of hydrogen-bond donors (Lipinski definition) is 1. The van der Waals surface area contributed by atoms with E-state index in [1.807, 2.05) is 30.3 Å². The number of ether oxygens (including phenoxy) is 1. The van der Waals surface area contributed by atoms with Crippen molar-refractivity contribution in [1.82, 2.24) is 4.98 Å². The zero-order chi connectivity index (χ0) is 19.4. The molecule has 0 aliphatic rings. The van der Waals surface area contributed by atoms with Gasteiger partial charge in [-0.15, -0.1) is 0 Å². The van der Waals surface area contributed by atoms with E-state index in [0.29, 0.717) is 32.6 Å². The van der Waals surface area contributed by atoms with Crippen LogP contribution < -0.4 is 9.46 Å². The van der Waals surface area contributed by atoms with Crippen molar-refractivity contribution in [3.05, 3.63) is 70.6 Å². The molecule has 0 fully saturated rings. The Morgan fingerprint density at radius 2 is 1.93 bits per heavy atom. The highest BCUT2D eigenvalue weighted by atomic mass is 35.5. The number of methoxy groups -OCH3 is 1. The van der Waals surface area contributed by atoms with Crippen LogP contribution in [0.2, 0.25) is 5.02 Å². The summed E-state index contributed by atoms with van der Waals surface area (Å²) >= 11 is 7.31.